The Balaban J connectivity index is 1.66. The highest BCUT2D eigenvalue weighted by Crippen LogP contribution is 2.30. The first-order chi connectivity index (χ1) is 12.2. The maximum absolute atomic E-state index is 12.0. The number of cyclic esters (lactones) is 2. The summed E-state index contributed by atoms with van der Waals surface area (Å²) in [5.41, 5.74) is 5.66. The molecule has 136 valence electrons. The van der Waals surface area contributed by atoms with Crippen molar-refractivity contribution in [1.82, 2.24) is 10.9 Å². The molecule has 1 aromatic rings. The second-order valence-electron chi connectivity index (χ2n) is 5.55. The number of hydrogen-bond donors (Lipinski definition) is 2. The van der Waals surface area contributed by atoms with Crippen LogP contribution >= 0.6 is 35.0 Å². The first-order valence-corrected chi connectivity index (χ1v) is 8.79. The Morgan fingerprint density at radius 2 is 1.96 bits per heavy atom. The zero-order chi connectivity index (χ0) is 18.9. The van der Waals surface area contributed by atoms with E-state index in [1.54, 1.807) is 18.2 Å². The van der Waals surface area contributed by atoms with Crippen LogP contribution in [0.25, 0.3) is 0 Å². The van der Waals surface area contributed by atoms with Gasteiger partial charge in [0, 0.05) is 24.4 Å². The maximum atomic E-state index is 12.0. The molecule has 0 bridgehead atoms. The first kappa shape index (κ1) is 18.6. The first-order valence-electron chi connectivity index (χ1n) is 7.22. The predicted molar refractivity (Wildman–Crippen MR) is 98.6 cm³/mol. The Kier molecular flexibility index (Phi) is 5.12. The van der Waals surface area contributed by atoms with Gasteiger partial charge in [0.2, 0.25) is 5.17 Å². The Hall–Kier alpha value is -2.23. The van der Waals surface area contributed by atoms with Crippen LogP contribution in [0.4, 0.5) is 0 Å². The van der Waals surface area contributed by atoms with Gasteiger partial charge in [0.15, 0.2) is 5.57 Å². The zero-order valence-electron chi connectivity index (χ0n) is 13.5. The largest absolute Gasteiger partial charge is 0.419 e. The highest BCUT2D eigenvalue weighted by Gasteiger charge is 2.42. The summed E-state index contributed by atoms with van der Waals surface area (Å²) in [6, 6.07) is 4.99. The third kappa shape index (κ3) is 4.12. The molecule has 1 aromatic carbocycles. The average Bonchev–Trinajstić information content (AvgIpc) is 2.96. The monoisotopic (exact) mass is 414 g/mol. The van der Waals surface area contributed by atoms with Crippen molar-refractivity contribution in [2.75, 3.05) is 0 Å². The highest BCUT2D eigenvalue weighted by molar-refractivity contribution is 8.17. The lowest BCUT2D eigenvalue weighted by atomic mass is 10.2. The molecule has 26 heavy (non-hydrogen) atoms. The van der Waals surface area contributed by atoms with Gasteiger partial charge in [-0.25, -0.2) is 9.59 Å². The standard InChI is InChI=1S/C15H12Cl2N4O4S/c1-15(2)24-12(22)10(13(23)25-15)11-19-21-14(26-11)20-18-6-7-3-4-8(16)5-9(7)17/h3-6,19H,1-2H3,(H,20,21)/b18-6+. The number of ether oxygens (including phenoxy) is 2. The summed E-state index contributed by atoms with van der Waals surface area (Å²) in [6.45, 7) is 2.94. The quantitative estimate of drug-likeness (QED) is 0.252. The van der Waals surface area contributed by atoms with E-state index < -0.39 is 17.7 Å². The molecule has 0 aromatic heterocycles. The van der Waals surface area contributed by atoms with Crippen LogP contribution in [0.2, 0.25) is 10.0 Å². The van der Waals surface area contributed by atoms with Gasteiger partial charge in [-0.1, -0.05) is 29.3 Å². The van der Waals surface area contributed by atoms with E-state index in [2.05, 4.69) is 21.1 Å². The number of carbonyl (C=O) groups is 2. The third-order valence-electron chi connectivity index (χ3n) is 3.10. The van der Waals surface area contributed by atoms with Crippen molar-refractivity contribution >= 4 is 58.3 Å². The molecule has 1 fully saturated rings. The van der Waals surface area contributed by atoms with Crippen LogP contribution in [0.15, 0.2) is 39.0 Å². The second-order valence-corrected chi connectivity index (χ2v) is 7.39. The van der Waals surface area contributed by atoms with Crippen LogP contribution in [-0.4, -0.2) is 29.1 Å². The number of halogens is 2. The van der Waals surface area contributed by atoms with Crippen LogP contribution in [0.5, 0.6) is 0 Å². The minimum atomic E-state index is -1.30. The van der Waals surface area contributed by atoms with Gasteiger partial charge in [0.25, 0.3) is 5.79 Å². The van der Waals surface area contributed by atoms with Crippen LogP contribution in [-0.2, 0) is 19.1 Å². The van der Waals surface area contributed by atoms with Gasteiger partial charge in [-0.05, 0) is 23.9 Å². The van der Waals surface area contributed by atoms with Gasteiger partial charge in [-0.3, -0.25) is 10.9 Å². The van der Waals surface area contributed by atoms with E-state index in [0.29, 0.717) is 20.8 Å². The molecule has 0 amide bonds. The molecule has 0 saturated carbocycles. The van der Waals surface area contributed by atoms with Crippen molar-refractivity contribution < 1.29 is 19.1 Å². The average molecular weight is 415 g/mol. The molecule has 0 spiro atoms. The number of rotatable bonds is 2. The molecule has 11 heteroatoms. The van der Waals surface area contributed by atoms with Gasteiger partial charge in [0.05, 0.1) is 11.2 Å². The third-order valence-corrected chi connectivity index (χ3v) is 4.53. The second kappa shape index (κ2) is 7.18. The molecule has 8 nitrogen and oxygen atoms in total. The summed E-state index contributed by atoms with van der Waals surface area (Å²) < 4.78 is 10.1. The number of carbonyl (C=O) groups excluding carboxylic acids is 2. The van der Waals surface area contributed by atoms with E-state index in [1.807, 2.05) is 0 Å². The van der Waals surface area contributed by atoms with Crippen molar-refractivity contribution in [2.45, 2.75) is 19.6 Å². The van der Waals surface area contributed by atoms with Crippen molar-refractivity contribution in [3.8, 4) is 0 Å². The topological polar surface area (TPSA) is 101 Å². The van der Waals surface area contributed by atoms with E-state index >= 15 is 0 Å². The summed E-state index contributed by atoms with van der Waals surface area (Å²) in [7, 11) is 0. The summed E-state index contributed by atoms with van der Waals surface area (Å²) >= 11 is 12.9. The van der Waals surface area contributed by atoms with Crippen molar-refractivity contribution in [1.29, 1.82) is 0 Å². The Bertz CT molecular complexity index is 860. The summed E-state index contributed by atoms with van der Waals surface area (Å²) in [6.07, 6.45) is 1.48. The minimum absolute atomic E-state index is 0.192. The zero-order valence-corrected chi connectivity index (χ0v) is 15.8. The smallest absolute Gasteiger partial charge is 0.351 e. The number of nitrogens with one attached hydrogen (secondary N) is 2. The molecule has 0 atom stereocenters. The van der Waals surface area contributed by atoms with E-state index in [4.69, 9.17) is 32.7 Å². The lowest BCUT2D eigenvalue weighted by molar-refractivity contribution is -0.222. The highest BCUT2D eigenvalue weighted by atomic mass is 35.5. The number of benzene rings is 1. The Morgan fingerprint density at radius 3 is 2.62 bits per heavy atom. The van der Waals surface area contributed by atoms with Crippen LogP contribution in [0.3, 0.4) is 0 Å². The predicted octanol–water partition coefficient (Wildman–Crippen LogP) is 2.57. The molecule has 2 heterocycles. The van der Waals surface area contributed by atoms with Gasteiger partial charge in [-0.15, -0.1) is 5.10 Å². The fourth-order valence-electron chi connectivity index (χ4n) is 2.00. The lowest BCUT2D eigenvalue weighted by Crippen LogP contribution is -2.42. The molecule has 2 N–H and O–H groups in total. The normalized spacial score (nSPS) is 19.2. The Labute approximate surface area is 162 Å². The fourth-order valence-corrected chi connectivity index (χ4v) is 3.20. The minimum Gasteiger partial charge on any atom is -0.419 e. The molecule has 0 radical (unpaired) electrons. The molecule has 0 unspecified atom stereocenters. The van der Waals surface area contributed by atoms with Crippen LogP contribution in [0, 0.1) is 0 Å². The van der Waals surface area contributed by atoms with E-state index in [9.17, 15) is 9.59 Å². The van der Waals surface area contributed by atoms with Gasteiger partial charge in [0.1, 0.15) is 5.03 Å². The summed E-state index contributed by atoms with van der Waals surface area (Å²) in [5.74, 6) is -2.87. The van der Waals surface area contributed by atoms with E-state index in [1.165, 1.54) is 20.1 Å². The Morgan fingerprint density at radius 1 is 1.27 bits per heavy atom. The maximum Gasteiger partial charge on any atom is 0.351 e. The lowest BCUT2D eigenvalue weighted by Gasteiger charge is -2.30. The molecule has 2 aliphatic rings. The van der Waals surface area contributed by atoms with E-state index in [-0.39, 0.29) is 10.6 Å². The van der Waals surface area contributed by atoms with Crippen LogP contribution < -0.4 is 10.9 Å². The molecule has 3 rings (SSSR count). The number of hydrazone groups is 2. The number of amidine groups is 1. The van der Waals surface area contributed by atoms with Gasteiger partial charge in [-0.2, -0.15) is 5.10 Å². The number of thioether (sulfide) groups is 1. The van der Waals surface area contributed by atoms with Crippen molar-refractivity contribution in [3.05, 3.63) is 44.4 Å². The van der Waals surface area contributed by atoms with Crippen LogP contribution in [0.1, 0.15) is 19.4 Å². The summed E-state index contributed by atoms with van der Waals surface area (Å²) in [4.78, 5) is 24.0. The number of hydrogen-bond acceptors (Lipinski definition) is 9. The number of esters is 2. The van der Waals surface area contributed by atoms with Gasteiger partial charge < -0.3 is 9.47 Å². The molecule has 0 aliphatic carbocycles. The molecule has 1 saturated heterocycles. The summed E-state index contributed by atoms with van der Waals surface area (Å²) in [5, 5.41) is 9.42. The fraction of sp³-hybridized carbons (Fsp3) is 0.200. The molecule has 2 aliphatic heterocycles. The molecular weight excluding hydrogens is 403 g/mol. The van der Waals surface area contributed by atoms with Gasteiger partial charge >= 0.3 is 11.9 Å². The van der Waals surface area contributed by atoms with Crippen molar-refractivity contribution in [2.24, 2.45) is 10.2 Å². The van der Waals surface area contributed by atoms with E-state index in [0.717, 1.165) is 11.8 Å². The molecular formula is C15H12Cl2N4O4S. The van der Waals surface area contributed by atoms with Crippen molar-refractivity contribution in [3.63, 3.8) is 0 Å². The SMILES string of the molecule is CC1(C)OC(=O)C(=C2NN=C(N/N=C/c3ccc(Cl)cc3Cl)S2)C(=O)O1. The number of nitrogens with zero attached hydrogens (tertiary/aromatic N) is 2.